The van der Waals surface area contributed by atoms with Crippen molar-refractivity contribution < 1.29 is 15.3 Å². The summed E-state index contributed by atoms with van der Waals surface area (Å²) >= 11 is 0. The van der Waals surface area contributed by atoms with E-state index in [9.17, 15) is 10.2 Å². The molecule has 0 saturated carbocycles. The molecule has 72 valence electrons. The van der Waals surface area contributed by atoms with Crippen LogP contribution in [0, 0.1) is 13.8 Å². The molecule has 0 bridgehead atoms. The predicted molar refractivity (Wildman–Crippen MR) is 49.6 cm³/mol. The highest BCUT2D eigenvalue weighted by atomic mass is 16.3. The molecule has 0 aliphatic heterocycles. The summed E-state index contributed by atoms with van der Waals surface area (Å²) in [6, 6.07) is 3.34. The fraction of sp³-hybridized carbons (Fsp3) is 0.400. The number of aryl methyl sites for hydroxylation is 2. The molecule has 3 nitrogen and oxygen atoms in total. The average molecular weight is 182 g/mol. The van der Waals surface area contributed by atoms with Gasteiger partial charge in [-0.2, -0.15) is 0 Å². The van der Waals surface area contributed by atoms with Gasteiger partial charge >= 0.3 is 0 Å². The van der Waals surface area contributed by atoms with Gasteiger partial charge in [0.05, 0.1) is 6.61 Å². The summed E-state index contributed by atoms with van der Waals surface area (Å²) in [5, 5.41) is 27.5. The van der Waals surface area contributed by atoms with E-state index in [4.69, 9.17) is 5.11 Å². The van der Waals surface area contributed by atoms with Crippen LogP contribution < -0.4 is 0 Å². The number of benzene rings is 1. The summed E-state index contributed by atoms with van der Waals surface area (Å²) in [4.78, 5) is 0. The number of hydrogen-bond donors (Lipinski definition) is 3. The highest BCUT2D eigenvalue weighted by molar-refractivity contribution is 5.42. The number of phenolic OH excluding ortho intramolecular Hbond substituents is 1. The van der Waals surface area contributed by atoms with Crippen LogP contribution >= 0.6 is 0 Å². The molecule has 1 aromatic carbocycles. The van der Waals surface area contributed by atoms with E-state index in [1.807, 2.05) is 0 Å². The van der Waals surface area contributed by atoms with Crippen LogP contribution in [-0.2, 0) is 0 Å². The first-order valence-corrected chi connectivity index (χ1v) is 4.15. The second kappa shape index (κ2) is 3.77. The van der Waals surface area contributed by atoms with Gasteiger partial charge < -0.3 is 15.3 Å². The Kier molecular flexibility index (Phi) is 2.90. The van der Waals surface area contributed by atoms with Crippen molar-refractivity contribution in [3.05, 3.63) is 28.8 Å². The standard InChI is InChI=1S/C10H14O3/c1-6-3-8(9(12)5-11)4-7(2)10(6)13/h3-4,9,11-13H,5H2,1-2H3. The summed E-state index contributed by atoms with van der Waals surface area (Å²) in [6.07, 6.45) is -0.863. The number of aliphatic hydroxyl groups excluding tert-OH is 2. The Labute approximate surface area is 77.3 Å². The lowest BCUT2D eigenvalue weighted by molar-refractivity contribution is 0.0955. The van der Waals surface area contributed by atoms with E-state index < -0.39 is 6.10 Å². The highest BCUT2D eigenvalue weighted by Crippen LogP contribution is 2.25. The van der Waals surface area contributed by atoms with Crippen LogP contribution in [0.4, 0.5) is 0 Å². The van der Waals surface area contributed by atoms with Gasteiger partial charge in [0, 0.05) is 0 Å². The number of aromatic hydroxyl groups is 1. The first-order valence-electron chi connectivity index (χ1n) is 4.15. The summed E-state index contributed by atoms with van der Waals surface area (Å²) in [6.45, 7) is 3.22. The average Bonchev–Trinajstić information content (AvgIpc) is 2.12. The Hall–Kier alpha value is -1.06. The smallest absolute Gasteiger partial charge is 0.121 e. The van der Waals surface area contributed by atoms with Crippen LogP contribution in [0.25, 0.3) is 0 Å². The normalized spacial score (nSPS) is 12.9. The molecular weight excluding hydrogens is 168 g/mol. The van der Waals surface area contributed by atoms with Crippen molar-refractivity contribution in [3.63, 3.8) is 0 Å². The van der Waals surface area contributed by atoms with E-state index in [-0.39, 0.29) is 12.4 Å². The van der Waals surface area contributed by atoms with Crippen LogP contribution in [0.5, 0.6) is 5.75 Å². The molecule has 1 rings (SSSR count). The molecule has 0 aliphatic carbocycles. The van der Waals surface area contributed by atoms with Crippen LogP contribution in [-0.4, -0.2) is 21.9 Å². The molecule has 3 heteroatoms. The molecule has 0 spiro atoms. The molecule has 1 atom stereocenters. The molecule has 3 N–H and O–H groups in total. The first-order chi connectivity index (χ1) is 6.06. The Morgan fingerprint density at radius 3 is 2.08 bits per heavy atom. The van der Waals surface area contributed by atoms with Crippen molar-refractivity contribution >= 4 is 0 Å². The van der Waals surface area contributed by atoms with Crippen molar-refractivity contribution in [2.75, 3.05) is 6.61 Å². The van der Waals surface area contributed by atoms with Gasteiger partial charge in [-0.1, -0.05) is 0 Å². The van der Waals surface area contributed by atoms with Crippen LogP contribution in [0.3, 0.4) is 0 Å². The van der Waals surface area contributed by atoms with E-state index in [1.54, 1.807) is 26.0 Å². The molecule has 0 aromatic heterocycles. The zero-order valence-electron chi connectivity index (χ0n) is 7.78. The van der Waals surface area contributed by atoms with Crippen LogP contribution in [0.1, 0.15) is 22.8 Å². The largest absolute Gasteiger partial charge is 0.507 e. The van der Waals surface area contributed by atoms with E-state index >= 15 is 0 Å². The molecule has 1 unspecified atom stereocenters. The van der Waals surface area contributed by atoms with Crippen molar-refractivity contribution in [1.82, 2.24) is 0 Å². The minimum atomic E-state index is -0.863. The zero-order chi connectivity index (χ0) is 10.0. The van der Waals surface area contributed by atoms with Gasteiger partial charge in [-0.05, 0) is 42.7 Å². The molecule has 0 aliphatic rings. The second-order valence-electron chi connectivity index (χ2n) is 3.20. The lowest BCUT2D eigenvalue weighted by atomic mass is 10.0. The monoisotopic (exact) mass is 182 g/mol. The minimum Gasteiger partial charge on any atom is -0.507 e. The quantitative estimate of drug-likeness (QED) is 0.640. The molecule has 1 aromatic rings. The Morgan fingerprint density at radius 2 is 1.69 bits per heavy atom. The van der Waals surface area contributed by atoms with Gasteiger partial charge in [-0.25, -0.2) is 0 Å². The number of phenols is 1. The zero-order valence-corrected chi connectivity index (χ0v) is 7.78. The number of hydrogen-bond acceptors (Lipinski definition) is 3. The van der Waals surface area contributed by atoms with Gasteiger partial charge in [0.15, 0.2) is 0 Å². The van der Waals surface area contributed by atoms with Crippen LogP contribution in [0.2, 0.25) is 0 Å². The van der Waals surface area contributed by atoms with Crippen molar-refractivity contribution in [2.45, 2.75) is 20.0 Å². The predicted octanol–water partition coefficient (Wildman–Crippen LogP) is 1.03. The summed E-state index contributed by atoms with van der Waals surface area (Å²) in [7, 11) is 0. The number of aliphatic hydroxyl groups is 2. The minimum absolute atomic E-state index is 0.244. The molecule has 0 amide bonds. The van der Waals surface area contributed by atoms with E-state index in [0.29, 0.717) is 16.7 Å². The molecule has 0 saturated heterocycles. The third-order valence-corrected chi connectivity index (χ3v) is 2.07. The fourth-order valence-electron chi connectivity index (χ4n) is 1.29. The third kappa shape index (κ3) is 1.99. The molecule has 0 heterocycles. The lowest BCUT2D eigenvalue weighted by Gasteiger charge is -2.11. The third-order valence-electron chi connectivity index (χ3n) is 2.07. The molecular formula is C10H14O3. The highest BCUT2D eigenvalue weighted by Gasteiger charge is 2.09. The van der Waals surface area contributed by atoms with Gasteiger partial charge in [0.1, 0.15) is 11.9 Å². The first kappa shape index (κ1) is 10.0. The van der Waals surface area contributed by atoms with E-state index in [0.717, 1.165) is 0 Å². The summed E-state index contributed by atoms with van der Waals surface area (Å²) < 4.78 is 0. The van der Waals surface area contributed by atoms with Gasteiger partial charge in [-0.3, -0.25) is 0 Å². The maximum atomic E-state index is 9.44. The van der Waals surface area contributed by atoms with E-state index in [2.05, 4.69) is 0 Å². The van der Waals surface area contributed by atoms with Crippen molar-refractivity contribution in [3.8, 4) is 5.75 Å². The maximum Gasteiger partial charge on any atom is 0.121 e. The maximum absolute atomic E-state index is 9.44. The number of rotatable bonds is 2. The van der Waals surface area contributed by atoms with Gasteiger partial charge in [0.25, 0.3) is 0 Å². The second-order valence-corrected chi connectivity index (χ2v) is 3.20. The topological polar surface area (TPSA) is 60.7 Å². The Morgan fingerprint density at radius 1 is 1.23 bits per heavy atom. The van der Waals surface area contributed by atoms with E-state index in [1.165, 1.54) is 0 Å². The molecule has 13 heavy (non-hydrogen) atoms. The SMILES string of the molecule is Cc1cc(C(O)CO)cc(C)c1O. The molecule has 0 radical (unpaired) electrons. The van der Waals surface area contributed by atoms with Gasteiger partial charge in [-0.15, -0.1) is 0 Å². The van der Waals surface area contributed by atoms with Crippen molar-refractivity contribution in [2.24, 2.45) is 0 Å². The summed E-state index contributed by atoms with van der Waals surface area (Å²) in [5.74, 6) is 0.244. The Balaban J connectivity index is 3.13. The molecule has 0 fully saturated rings. The Bertz CT molecular complexity index is 284. The summed E-state index contributed by atoms with van der Waals surface area (Å²) in [5.41, 5.74) is 2.06. The fourth-order valence-corrected chi connectivity index (χ4v) is 1.29. The van der Waals surface area contributed by atoms with Crippen molar-refractivity contribution in [1.29, 1.82) is 0 Å². The lowest BCUT2D eigenvalue weighted by Crippen LogP contribution is -2.03. The van der Waals surface area contributed by atoms with Gasteiger partial charge in [0.2, 0.25) is 0 Å². The van der Waals surface area contributed by atoms with Crippen LogP contribution in [0.15, 0.2) is 12.1 Å².